The summed E-state index contributed by atoms with van der Waals surface area (Å²) < 4.78 is 0. The largest absolute Gasteiger partial charge is 0.338 e. The Morgan fingerprint density at radius 1 is 1.12 bits per heavy atom. The van der Waals surface area contributed by atoms with Crippen molar-refractivity contribution in [3.05, 3.63) is 58.4 Å². The highest BCUT2D eigenvalue weighted by Gasteiger charge is 2.24. The summed E-state index contributed by atoms with van der Waals surface area (Å²) in [6, 6.07) is 13.0. The van der Waals surface area contributed by atoms with E-state index >= 15 is 0 Å². The highest BCUT2D eigenvalue weighted by atomic mass is 35.5. The number of aromatic nitrogens is 1. The Morgan fingerprint density at radius 2 is 1.79 bits per heavy atom. The molecule has 0 saturated carbocycles. The van der Waals surface area contributed by atoms with Crippen molar-refractivity contribution in [3.63, 3.8) is 0 Å². The lowest BCUT2D eigenvalue weighted by atomic mass is 9.96. The zero-order valence-electron chi connectivity index (χ0n) is 13.4. The Balaban J connectivity index is 0.00000208. The summed E-state index contributed by atoms with van der Waals surface area (Å²) in [6.45, 7) is 2.00. The monoisotopic (exact) mass is 347 g/mol. The molecular weight excluding hydrogens is 326 g/mol. The van der Waals surface area contributed by atoms with Crippen LogP contribution in [0.2, 0.25) is 0 Å². The summed E-state index contributed by atoms with van der Waals surface area (Å²) in [6.07, 6.45) is 1.81. The van der Waals surface area contributed by atoms with Crippen molar-refractivity contribution in [2.45, 2.75) is 12.8 Å². The third-order valence-corrected chi connectivity index (χ3v) is 4.46. The summed E-state index contributed by atoms with van der Waals surface area (Å²) >= 11 is 0. The van der Waals surface area contributed by atoms with E-state index in [2.05, 4.69) is 4.98 Å². The average molecular weight is 348 g/mol. The number of benzene rings is 1. The van der Waals surface area contributed by atoms with E-state index < -0.39 is 0 Å². The lowest BCUT2D eigenvalue weighted by molar-refractivity contribution is 0.0691. The summed E-state index contributed by atoms with van der Waals surface area (Å²) in [5.41, 5.74) is 7.18. The van der Waals surface area contributed by atoms with Crippen LogP contribution in [0.3, 0.4) is 0 Å². The Hall–Kier alpha value is -2.11. The molecule has 1 saturated heterocycles. The number of nitrogens with two attached hydrogens (primary N) is 1. The van der Waals surface area contributed by atoms with Gasteiger partial charge in [0.15, 0.2) is 0 Å². The Kier molecular flexibility index (Phi) is 6.17. The van der Waals surface area contributed by atoms with E-state index in [4.69, 9.17) is 5.73 Å². The second-order valence-electron chi connectivity index (χ2n) is 5.95. The number of aromatic amines is 1. The third kappa shape index (κ3) is 3.86. The quantitative estimate of drug-likeness (QED) is 0.894. The highest BCUT2D eigenvalue weighted by molar-refractivity contribution is 5.94. The van der Waals surface area contributed by atoms with Gasteiger partial charge in [0.25, 0.3) is 11.5 Å². The van der Waals surface area contributed by atoms with Crippen molar-refractivity contribution < 1.29 is 4.79 Å². The van der Waals surface area contributed by atoms with Crippen molar-refractivity contribution in [2.24, 2.45) is 11.7 Å². The number of amides is 1. The number of hydrogen-bond acceptors (Lipinski definition) is 3. The normalized spacial score (nSPS) is 15.0. The molecule has 6 heteroatoms. The zero-order valence-corrected chi connectivity index (χ0v) is 14.2. The molecular formula is C18H22ClN3O2. The predicted octanol–water partition coefficient (Wildman–Crippen LogP) is 2.27. The second-order valence-corrected chi connectivity index (χ2v) is 5.95. The molecule has 0 unspecified atom stereocenters. The molecule has 24 heavy (non-hydrogen) atoms. The fourth-order valence-electron chi connectivity index (χ4n) is 2.97. The number of likely N-dealkylation sites (tertiary alicyclic amines) is 1. The van der Waals surface area contributed by atoms with Crippen LogP contribution >= 0.6 is 12.4 Å². The molecule has 1 fully saturated rings. The van der Waals surface area contributed by atoms with Crippen LogP contribution in [-0.2, 0) is 0 Å². The van der Waals surface area contributed by atoms with Gasteiger partial charge in [-0.3, -0.25) is 9.59 Å². The molecule has 1 aromatic carbocycles. The van der Waals surface area contributed by atoms with Crippen LogP contribution in [0.1, 0.15) is 23.2 Å². The van der Waals surface area contributed by atoms with Crippen LogP contribution < -0.4 is 11.3 Å². The van der Waals surface area contributed by atoms with E-state index in [1.807, 2.05) is 30.3 Å². The lowest BCUT2D eigenvalue weighted by Crippen LogP contribution is -2.41. The van der Waals surface area contributed by atoms with Gasteiger partial charge in [0.2, 0.25) is 0 Å². The minimum Gasteiger partial charge on any atom is -0.338 e. The number of pyridine rings is 1. The molecule has 3 rings (SSSR count). The number of H-pyrrole nitrogens is 1. The van der Waals surface area contributed by atoms with E-state index in [1.54, 1.807) is 17.0 Å². The van der Waals surface area contributed by atoms with E-state index in [9.17, 15) is 9.59 Å². The van der Waals surface area contributed by atoms with Gasteiger partial charge in [0, 0.05) is 18.8 Å². The van der Waals surface area contributed by atoms with E-state index in [1.165, 1.54) is 0 Å². The molecule has 1 aliphatic rings. The fourth-order valence-corrected chi connectivity index (χ4v) is 2.97. The molecule has 128 valence electrons. The van der Waals surface area contributed by atoms with Crippen molar-refractivity contribution in [3.8, 4) is 11.3 Å². The first-order valence-corrected chi connectivity index (χ1v) is 7.97. The molecule has 1 aliphatic heterocycles. The molecule has 5 nitrogen and oxygen atoms in total. The SMILES string of the molecule is Cl.NCC1CCN(C(=O)c2ccc(-c3ccccc3)[nH]c2=O)CC1. The number of piperidine rings is 1. The molecule has 0 aliphatic carbocycles. The molecule has 3 N–H and O–H groups in total. The van der Waals surface area contributed by atoms with E-state index in [0.29, 0.717) is 31.2 Å². The maximum Gasteiger partial charge on any atom is 0.261 e. The number of carbonyl (C=O) groups is 1. The van der Waals surface area contributed by atoms with Crippen molar-refractivity contribution >= 4 is 18.3 Å². The van der Waals surface area contributed by atoms with Crippen LogP contribution in [-0.4, -0.2) is 35.4 Å². The molecule has 0 bridgehead atoms. The van der Waals surface area contributed by atoms with Gasteiger partial charge in [0.1, 0.15) is 5.56 Å². The summed E-state index contributed by atoms with van der Waals surface area (Å²) in [4.78, 5) is 29.4. The zero-order chi connectivity index (χ0) is 16.2. The molecule has 2 aromatic rings. The standard InChI is InChI=1S/C18H21N3O2.ClH/c19-12-13-8-10-21(11-9-13)18(23)15-6-7-16(20-17(15)22)14-4-2-1-3-5-14;/h1-7,13H,8-12,19H2,(H,20,22);1H. The van der Waals surface area contributed by atoms with Gasteiger partial charge < -0.3 is 15.6 Å². The summed E-state index contributed by atoms with van der Waals surface area (Å²) in [5.74, 6) is 0.291. The molecule has 1 aromatic heterocycles. The summed E-state index contributed by atoms with van der Waals surface area (Å²) in [7, 11) is 0. The van der Waals surface area contributed by atoms with E-state index in [0.717, 1.165) is 18.4 Å². The minimum atomic E-state index is -0.336. The van der Waals surface area contributed by atoms with Crippen LogP contribution in [0, 0.1) is 5.92 Å². The van der Waals surface area contributed by atoms with Gasteiger partial charge >= 0.3 is 0 Å². The first-order valence-electron chi connectivity index (χ1n) is 7.97. The van der Waals surface area contributed by atoms with Crippen molar-refractivity contribution in [1.29, 1.82) is 0 Å². The Bertz CT molecular complexity index is 737. The highest BCUT2D eigenvalue weighted by Crippen LogP contribution is 2.18. The van der Waals surface area contributed by atoms with Gasteiger partial charge in [-0.2, -0.15) is 0 Å². The first-order chi connectivity index (χ1) is 11.2. The van der Waals surface area contributed by atoms with Crippen LogP contribution in [0.4, 0.5) is 0 Å². The number of nitrogens with zero attached hydrogens (tertiary/aromatic N) is 1. The molecule has 0 atom stereocenters. The number of halogens is 1. The molecule has 0 spiro atoms. The smallest absolute Gasteiger partial charge is 0.261 e. The molecule has 2 heterocycles. The first kappa shape index (κ1) is 18.2. The van der Waals surface area contributed by atoms with Crippen molar-refractivity contribution in [1.82, 2.24) is 9.88 Å². The predicted molar refractivity (Wildman–Crippen MR) is 97.4 cm³/mol. The van der Waals surface area contributed by atoms with Crippen LogP contribution in [0.5, 0.6) is 0 Å². The Labute approximate surface area is 147 Å². The van der Waals surface area contributed by atoms with E-state index in [-0.39, 0.29) is 29.4 Å². The van der Waals surface area contributed by atoms with Gasteiger partial charge in [-0.15, -0.1) is 12.4 Å². The van der Waals surface area contributed by atoms with Crippen molar-refractivity contribution in [2.75, 3.05) is 19.6 Å². The molecule has 1 amide bonds. The number of carbonyl (C=O) groups excluding carboxylic acids is 1. The minimum absolute atomic E-state index is 0. The van der Waals surface area contributed by atoms with Gasteiger partial charge in [-0.05, 0) is 43.0 Å². The van der Waals surface area contributed by atoms with Gasteiger partial charge in [-0.1, -0.05) is 30.3 Å². The second kappa shape index (κ2) is 8.13. The van der Waals surface area contributed by atoms with Gasteiger partial charge in [0.05, 0.1) is 0 Å². The third-order valence-electron chi connectivity index (χ3n) is 4.46. The number of rotatable bonds is 3. The van der Waals surface area contributed by atoms with Crippen LogP contribution in [0.15, 0.2) is 47.3 Å². The topological polar surface area (TPSA) is 79.2 Å². The summed E-state index contributed by atoms with van der Waals surface area (Å²) in [5, 5.41) is 0. The molecule has 0 radical (unpaired) electrons. The number of hydrogen-bond donors (Lipinski definition) is 2. The number of nitrogens with one attached hydrogen (secondary N) is 1. The maximum absolute atomic E-state index is 12.5. The Morgan fingerprint density at radius 3 is 2.38 bits per heavy atom. The average Bonchev–Trinajstić information content (AvgIpc) is 2.62. The lowest BCUT2D eigenvalue weighted by Gasteiger charge is -2.31. The fraction of sp³-hybridized carbons (Fsp3) is 0.333. The maximum atomic E-state index is 12.5. The van der Waals surface area contributed by atoms with Crippen LogP contribution in [0.25, 0.3) is 11.3 Å². The van der Waals surface area contributed by atoms with Gasteiger partial charge in [-0.25, -0.2) is 0 Å².